The summed E-state index contributed by atoms with van der Waals surface area (Å²) in [6, 6.07) is 38.6. The van der Waals surface area contributed by atoms with Crippen molar-refractivity contribution in [2.45, 2.75) is 19.8 Å². The van der Waals surface area contributed by atoms with Gasteiger partial charge in [0.25, 0.3) is 0 Å². The van der Waals surface area contributed by atoms with Crippen LogP contribution in [0.15, 0.2) is 133 Å². The Bertz CT molecular complexity index is 1880. The van der Waals surface area contributed by atoms with Gasteiger partial charge in [-0.15, -0.1) is 0 Å². The second kappa shape index (κ2) is 21.1. The van der Waals surface area contributed by atoms with E-state index in [2.05, 4.69) is 0 Å². The number of carbonyl (C=O) groups is 5. The lowest BCUT2D eigenvalue weighted by Gasteiger charge is -2.11. The molecule has 0 aliphatic rings. The highest BCUT2D eigenvalue weighted by Gasteiger charge is 2.12. The second-order valence-corrected chi connectivity index (χ2v) is 12.2. The fraction of sp³-hybridized carbons (Fsp3) is 0.205. The molecule has 0 aromatic heterocycles. The van der Waals surface area contributed by atoms with Gasteiger partial charge in [-0.2, -0.15) is 0 Å². The predicted molar refractivity (Wildman–Crippen MR) is 206 cm³/mol. The standard InChI is InChI=1S/C34H30O8.C10H13NO/c35-31(23-41-29-17-9-15-27(21-29)33(37)25-11-3-1-4-12-25)39-19-7-8-20-40-32(36)24-42-30-18-10-16-28(22-30)34(38)26-13-5-2-6-14-26;1-8(12)9-4-6-10(7-5-9)11(2)3/h1-6,9-18,21-22H,7-8,19-20,23-24H2;4-7H,1-3H3. The lowest BCUT2D eigenvalue weighted by Crippen LogP contribution is -2.17. The first-order valence-corrected chi connectivity index (χ1v) is 17.4. The van der Waals surface area contributed by atoms with Crippen LogP contribution in [0, 0.1) is 0 Å². The van der Waals surface area contributed by atoms with E-state index in [1.807, 2.05) is 55.4 Å². The Morgan fingerprint density at radius 1 is 0.481 bits per heavy atom. The molecule has 10 nitrogen and oxygen atoms in total. The van der Waals surface area contributed by atoms with E-state index in [1.165, 1.54) is 0 Å². The van der Waals surface area contributed by atoms with Crippen molar-refractivity contribution in [3.63, 3.8) is 0 Å². The molecule has 0 aliphatic carbocycles. The first-order chi connectivity index (χ1) is 26.1. The minimum atomic E-state index is -0.548. The van der Waals surface area contributed by atoms with Crippen LogP contribution in [0.25, 0.3) is 0 Å². The maximum Gasteiger partial charge on any atom is 0.344 e. The SMILES string of the molecule is CC(=O)c1ccc(N(C)C)cc1.O=C(COc1cccc(C(=O)c2ccccc2)c1)OCCCCOC(=O)COc1cccc(C(=O)c2ccccc2)c1. The normalized spacial score (nSPS) is 10.2. The Hall–Kier alpha value is -6.55. The summed E-state index contributed by atoms with van der Waals surface area (Å²) < 4.78 is 21.3. The molecule has 0 aliphatic heterocycles. The molecule has 5 aromatic rings. The summed E-state index contributed by atoms with van der Waals surface area (Å²) in [6.07, 6.45) is 0.981. The average molecular weight is 730 g/mol. The molecular weight excluding hydrogens is 686 g/mol. The van der Waals surface area contributed by atoms with Crippen molar-refractivity contribution in [1.29, 1.82) is 0 Å². The van der Waals surface area contributed by atoms with Gasteiger partial charge in [0.15, 0.2) is 30.6 Å². The summed E-state index contributed by atoms with van der Waals surface area (Å²) in [7, 11) is 3.95. The van der Waals surface area contributed by atoms with E-state index in [0.717, 1.165) is 11.3 Å². The Morgan fingerprint density at radius 2 is 0.889 bits per heavy atom. The molecular formula is C44H43NO9. The number of rotatable bonds is 17. The van der Waals surface area contributed by atoms with Gasteiger partial charge in [0.2, 0.25) is 0 Å². The number of carbonyl (C=O) groups excluding carboxylic acids is 5. The minimum Gasteiger partial charge on any atom is -0.482 e. The molecule has 0 heterocycles. The minimum absolute atomic E-state index is 0.111. The third kappa shape index (κ3) is 13.2. The molecule has 0 atom stereocenters. The van der Waals surface area contributed by atoms with E-state index in [0.29, 0.717) is 46.6 Å². The van der Waals surface area contributed by atoms with E-state index in [9.17, 15) is 24.0 Å². The van der Waals surface area contributed by atoms with Crippen molar-refractivity contribution in [1.82, 2.24) is 0 Å². The highest BCUT2D eigenvalue weighted by Crippen LogP contribution is 2.18. The zero-order valence-corrected chi connectivity index (χ0v) is 30.6. The molecule has 0 saturated heterocycles. The van der Waals surface area contributed by atoms with Gasteiger partial charge in [-0.05, 0) is 68.3 Å². The lowest BCUT2D eigenvalue weighted by molar-refractivity contribution is -0.148. The van der Waals surface area contributed by atoms with E-state index in [-0.39, 0.29) is 43.8 Å². The van der Waals surface area contributed by atoms with Crippen molar-refractivity contribution < 1.29 is 42.9 Å². The van der Waals surface area contributed by atoms with Gasteiger partial charge in [-0.1, -0.05) is 84.9 Å². The Balaban J connectivity index is 0.000000460. The van der Waals surface area contributed by atoms with Gasteiger partial charge in [0.1, 0.15) is 11.5 Å². The van der Waals surface area contributed by atoms with Gasteiger partial charge in [0.05, 0.1) is 13.2 Å². The van der Waals surface area contributed by atoms with E-state index in [4.69, 9.17) is 18.9 Å². The summed E-state index contributed by atoms with van der Waals surface area (Å²) in [5, 5.41) is 0. The Morgan fingerprint density at radius 3 is 1.28 bits per heavy atom. The number of hydrogen-bond acceptors (Lipinski definition) is 10. The van der Waals surface area contributed by atoms with Crippen molar-refractivity contribution in [3.8, 4) is 11.5 Å². The largest absolute Gasteiger partial charge is 0.482 e. The number of benzene rings is 5. The van der Waals surface area contributed by atoms with Crippen LogP contribution in [0.5, 0.6) is 11.5 Å². The number of Topliss-reactive ketones (excluding diaryl/α,β-unsaturated/α-hetero) is 1. The van der Waals surface area contributed by atoms with Crippen LogP contribution in [0.2, 0.25) is 0 Å². The quantitative estimate of drug-likeness (QED) is 0.0542. The summed E-state index contributed by atoms with van der Waals surface area (Å²) in [5.41, 5.74) is 3.92. The highest BCUT2D eigenvalue weighted by atomic mass is 16.6. The van der Waals surface area contributed by atoms with Crippen LogP contribution in [-0.4, -0.2) is 69.8 Å². The van der Waals surface area contributed by atoms with Gasteiger partial charge >= 0.3 is 11.9 Å². The van der Waals surface area contributed by atoms with E-state index >= 15 is 0 Å². The molecule has 0 amide bonds. The Kier molecular flexibility index (Phi) is 15.7. The van der Waals surface area contributed by atoms with Crippen LogP contribution >= 0.6 is 0 Å². The topological polar surface area (TPSA) is 126 Å². The lowest BCUT2D eigenvalue weighted by atomic mass is 10.0. The van der Waals surface area contributed by atoms with Crippen molar-refractivity contribution >= 4 is 35.0 Å². The monoisotopic (exact) mass is 729 g/mol. The molecule has 10 heteroatoms. The molecule has 0 spiro atoms. The van der Waals surface area contributed by atoms with Crippen molar-refractivity contribution in [2.75, 3.05) is 45.4 Å². The van der Waals surface area contributed by atoms with Gasteiger partial charge < -0.3 is 23.8 Å². The molecule has 54 heavy (non-hydrogen) atoms. The number of unbranched alkanes of at least 4 members (excludes halogenated alkanes) is 1. The number of anilines is 1. The zero-order valence-electron chi connectivity index (χ0n) is 30.6. The van der Waals surface area contributed by atoms with E-state index < -0.39 is 11.9 Å². The summed E-state index contributed by atoms with van der Waals surface area (Å²) in [5.74, 6) is -0.489. The van der Waals surface area contributed by atoms with Gasteiger partial charge in [-0.25, -0.2) is 9.59 Å². The molecule has 5 aromatic carbocycles. The number of ether oxygens (including phenoxy) is 4. The van der Waals surface area contributed by atoms with Crippen LogP contribution in [0.4, 0.5) is 5.69 Å². The number of esters is 2. The van der Waals surface area contributed by atoms with Gasteiger partial charge in [-0.3, -0.25) is 14.4 Å². The third-order valence-electron chi connectivity index (χ3n) is 7.83. The predicted octanol–water partition coefficient (Wildman–Crippen LogP) is 7.43. The maximum absolute atomic E-state index is 12.6. The number of ketones is 3. The summed E-state index contributed by atoms with van der Waals surface area (Å²) in [4.78, 5) is 62.2. The highest BCUT2D eigenvalue weighted by molar-refractivity contribution is 6.09. The van der Waals surface area contributed by atoms with Gasteiger partial charge in [0, 0.05) is 47.6 Å². The molecule has 0 bridgehead atoms. The molecule has 278 valence electrons. The molecule has 0 fully saturated rings. The number of nitrogens with zero attached hydrogens (tertiary/aromatic N) is 1. The van der Waals surface area contributed by atoms with Crippen molar-refractivity contribution in [2.24, 2.45) is 0 Å². The summed E-state index contributed by atoms with van der Waals surface area (Å²) >= 11 is 0. The van der Waals surface area contributed by atoms with Crippen LogP contribution in [0.1, 0.15) is 62.0 Å². The zero-order chi connectivity index (χ0) is 38.7. The molecule has 0 saturated carbocycles. The molecule has 5 rings (SSSR count). The third-order valence-corrected chi connectivity index (χ3v) is 7.83. The average Bonchev–Trinajstić information content (AvgIpc) is 3.21. The molecule has 0 radical (unpaired) electrons. The fourth-order valence-electron chi connectivity index (χ4n) is 4.90. The second-order valence-electron chi connectivity index (χ2n) is 12.2. The number of hydrogen-bond donors (Lipinski definition) is 0. The smallest absolute Gasteiger partial charge is 0.344 e. The first-order valence-electron chi connectivity index (χ1n) is 17.4. The Labute approximate surface area is 315 Å². The fourth-order valence-corrected chi connectivity index (χ4v) is 4.90. The van der Waals surface area contributed by atoms with E-state index in [1.54, 1.807) is 104 Å². The molecule has 0 unspecified atom stereocenters. The van der Waals surface area contributed by atoms with Crippen molar-refractivity contribution in [3.05, 3.63) is 161 Å². The van der Waals surface area contributed by atoms with Crippen LogP contribution in [0.3, 0.4) is 0 Å². The van der Waals surface area contributed by atoms with Crippen LogP contribution < -0.4 is 14.4 Å². The summed E-state index contributed by atoms with van der Waals surface area (Å²) in [6.45, 7) is 1.27. The first kappa shape index (κ1) is 40.2. The maximum atomic E-state index is 12.6. The molecule has 0 N–H and O–H groups in total. The van der Waals surface area contributed by atoms with Crippen LogP contribution in [-0.2, 0) is 19.1 Å².